The fourth-order valence-corrected chi connectivity index (χ4v) is 2.33. The lowest BCUT2D eigenvalue weighted by molar-refractivity contribution is -0.125. The van der Waals surface area contributed by atoms with E-state index in [1.54, 1.807) is 31.0 Å². The van der Waals surface area contributed by atoms with Crippen molar-refractivity contribution in [2.75, 3.05) is 13.6 Å². The maximum Gasteiger partial charge on any atom is 0.249 e. The number of likely N-dealkylation sites (N-methyl/N-ethyl adjacent to an activating group) is 1. The number of H-pyrrole nitrogens is 1. The van der Waals surface area contributed by atoms with Crippen LogP contribution in [0.4, 0.5) is 0 Å². The summed E-state index contributed by atoms with van der Waals surface area (Å²) < 4.78 is 0. The van der Waals surface area contributed by atoms with Gasteiger partial charge in [-0.15, -0.1) is 10.2 Å². The molecule has 0 bridgehead atoms. The fraction of sp³-hybridized carbons (Fsp3) is 0.333. The van der Waals surface area contributed by atoms with Crippen LogP contribution in [0.5, 0.6) is 0 Å². The number of carbonyl (C=O) groups excluding carboxylic acids is 1. The molecule has 1 aromatic heterocycles. The molecule has 0 saturated carbocycles. The number of aromatic amines is 1. The molecule has 2 aromatic rings. The van der Waals surface area contributed by atoms with Crippen LogP contribution in [-0.2, 0) is 4.79 Å². The van der Waals surface area contributed by atoms with E-state index < -0.39 is 0 Å². The summed E-state index contributed by atoms with van der Waals surface area (Å²) >= 11 is 6.11. The van der Waals surface area contributed by atoms with E-state index in [4.69, 9.17) is 11.6 Å². The van der Waals surface area contributed by atoms with Crippen molar-refractivity contribution < 1.29 is 4.79 Å². The third-order valence-electron chi connectivity index (χ3n) is 3.31. The number of hydrogen-bond acceptors (Lipinski definition) is 4. The number of nitrogens with zero attached hydrogens (tertiary/aromatic N) is 4. The lowest BCUT2D eigenvalue weighted by Crippen LogP contribution is -2.31. The number of carbonyl (C=O) groups is 1. The molecule has 1 aromatic carbocycles. The molecule has 7 heteroatoms. The first-order valence-electron chi connectivity index (χ1n) is 6.90. The Morgan fingerprint density at radius 3 is 2.82 bits per heavy atom. The predicted molar refractivity (Wildman–Crippen MR) is 85.3 cm³/mol. The van der Waals surface area contributed by atoms with Crippen molar-refractivity contribution in [2.45, 2.75) is 19.8 Å². The van der Waals surface area contributed by atoms with Crippen LogP contribution in [0.3, 0.4) is 0 Å². The molecule has 0 aliphatic heterocycles. The first-order valence-corrected chi connectivity index (χ1v) is 7.28. The van der Waals surface area contributed by atoms with Gasteiger partial charge in [-0.2, -0.15) is 5.21 Å². The van der Waals surface area contributed by atoms with Gasteiger partial charge in [-0.3, -0.25) is 4.79 Å². The third kappa shape index (κ3) is 3.92. The molecule has 0 unspecified atom stereocenters. The van der Waals surface area contributed by atoms with Crippen LogP contribution >= 0.6 is 11.6 Å². The SMILES string of the molecule is C/C(=C\c1ccccc1Cl)C(=O)N(C)C[C@H](C)c1nn[nH]n1. The number of benzene rings is 1. The number of aromatic nitrogens is 4. The number of hydrogen-bond donors (Lipinski definition) is 1. The number of amides is 1. The van der Waals surface area contributed by atoms with Crippen LogP contribution in [0.15, 0.2) is 29.8 Å². The maximum absolute atomic E-state index is 12.4. The number of tetrazole rings is 1. The van der Waals surface area contributed by atoms with Crippen molar-refractivity contribution in [1.29, 1.82) is 0 Å². The van der Waals surface area contributed by atoms with Crippen LogP contribution in [-0.4, -0.2) is 45.0 Å². The highest BCUT2D eigenvalue weighted by atomic mass is 35.5. The Kier molecular flexibility index (Phi) is 5.27. The summed E-state index contributed by atoms with van der Waals surface area (Å²) in [6.45, 7) is 4.23. The summed E-state index contributed by atoms with van der Waals surface area (Å²) in [7, 11) is 1.75. The average molecular weight is 320 g/mol. The molecule has 1 atom stereocenters. The van der Waals surface area contributed by atoms with Crippen molar-refractivity contribution in [3.05, 3.63) is 46.2 Å². The molecular formula is C15H18ClN5O. The minimum atomic E-state index is -0.0599. The second-order valence-electron chi connectivity index (χ2n) is 5.21. The Hall–Kier alpha value is -2.21. The molecule has 0 saturated heterocycles. The Bertz CT molecular complexity index is 668. The first-order chi connectivity index (χ1) is 10.5. The minimum absolute atomic E-state index is 0.000753. The van der Waals surface area contributed by atoms with Crippen LogP contribution in [0.2, 0.25) is 5.02 Å². The van der Waals surface area contributed by atoms with E-state index in [1.807, 2.05) is 25.1 Å². The predicted octanol–water partition coefficient (Wildman–Crippen LogP) is 2.52. The van der Waals surface area contributed by atoms with E-state index >= 15 is 0 Å². The Labute approximate surface area is 134 Å². The van der Waals surface area contributed by atoms with Crippen molar-refractivity contribution in [3.63, 3.8) is 0 Å². The highest BCUT2D eigenvalue weighted by Gasteiger charge is 2.17. The summed E-state index contributed by atoms with van der Waals surface area (Å²) in [5.74, 6) is 0.531. The zero-order valence-corrected chi connectivity index (χ0v) is 13.5. The van der Waals surface area contributed by atoms with E-state index in [1.165, 1.54) is 0 Å². The van der Waals surface area contributed by atoms with Crippen LogP contribution in [0, 0.1) is 0 Å². The highest BCUT2D eigenvalue weighted by Crippen LogP contribution is 2.19. The van der Waals surface area contributed by atoms with Gasteiger partial charge in [-0.1, -0.05) is 41.9 Å². The molecule has 0 radical (unpaired) electrons. The van der Waals surface area contributed by atoms with Crippen molar-refractivity contribution >= 4 is 23.6 Å². The van der Waals surface area contributed by atoms with Crippen molar-refractivity contribution in [3.8, 4) is 0 Å². The quantitative estimate of drug-likeness (QED) is 0.859. The largest absolute Gasteiger partial charge is 0.341 e. The van der Waals surface area contributed by atoms with Crippen molar-refractivity contribution in [1.82, 2.24) is 25.5 Å². The summed E-state index contributed by atoms with van der Waals surface area (Å²) in [5.41, 5.74) is 1.45. The molecule has 6 nitrogen and oxygen atoms in total. The Morgan fingerprint density at radius 1 is 1.45 bits per heavy atom. The number of nitrogens with one attached hydrogen (secondary N) is 1. The monoisotopic (exact) mass is 319 g/mol. The summed E-state index contributed by atoms with van der Waals surface area (Å²) in [5, 5.41) is 14.4. The molecule has 1 heterocycles. The van der Waals surface area contributed by atoms with E-state index in [9.17, 15) is 4.79 Å². The lowest BCUT2D eigenvalue weighted by Gasteiger charge is -2.20. The van der Waals surface area contributed by atoms with Gasteiger partial charge in [0.1, 0.15) is 0 Å². The van der Waals surface area contributed by atoms with Crippen LogP contribution in [0.25, 0.3) is 6.08 Å². The van der Waals surface area contributed by atoms with E-state index in [0.717, 1.165) is 5.56 Å². The van der Waals surface area contributed by atoms with Crippen LogP contribution in [0.1, 0.15) is 31.2 Å². The Balaban J connectivity index is 2.05. The van der Waals surface area contributed by atoms with Gasteiger partial charge in [-0.05, 0) is 24.6 Å². The van der Waals surface area contributed by atoms with Gasteiger partial charge in [0, 0.05) is 30.1 Å². The number of rotatable bonds is 5. The molecule has 2 rings (SSSR count). The van der Waals surface area contributed by atoms with Gasteiger partial charge in [0.05, 0.1) is 0 Å². The first kappa shape index (κ1) is 16.2. The molecule has 22 heavy (non-hydrogen) atoms. The number of halogens is 1. The van der Waals surface area contributed by atoms with Gasteiger partial charge in [-0.25, -0.2) is 0 Å². The molecule has 0 aliphatic rings. The van der Waals surface area contributed by atoms with E-state index in [2.05, 4.69) is 20.6 Å². The van der Waals surface area contributed by atoms with Gasteiger partial charge >= 0.3 is 0 Å². The van der Waals surface area contributed by atoms with Gasteiger partial charge in [0.15, 0.2) is 5.82 Å². The average Bonchev–Trinajstić information content (AvgIpc) is 3.03. The van der Waals surface area contributed by atoms with Gasteiger partial charge in [0.25, 0.3) is 0 Å². The normalized spacial score (nSPS) is 13.0. The molecule has 0 spiro atoms. The highest BCUT2D eigenvalue weighted by molar-refractivity contribution is 6.32. The van der Waals surface area contributed by atoms with E-state index in [-0.39, 0.29) is 11.8 Å². The fourth-order valence-electron chi connectivity index (χ4n) is 2.14. The smallest absolute Gasteiger partial charge is 0.249 e. The van der Waals surface area contributed by atoms with Crippen LogP contribution < -0.4 is 0 Å². The summed E-state index contributed by atoms with van der Waals surface area (Å²) in [6.07, 6.45) is 1.79. The molecular weight excluding hydrogens is 302 g/mol. The molecule has 1 amide bonds. The zero-order valence-electron chi connectivity index (χ0n) is 12.7. The molecule has 1 N–H and O–H groups in total. The van der Waals surface area contributed by atoms with E-state index in [0.29, 0.717) is 23.0 Å². The van der Waals surface area contributed by atoms with Gasteiger partial charge in [0.2, 0.25) is 5.91 Å². The van der Waals surface area contributed by atoms with Crippen molar-refractivity contribution in [2.24, 2.45) is 0 Å². The summed E-state index contributed by atoms with van der Waals surface area (Å²) in [6, 6.07) is 7.42. The topological polar surface area (TPSA) is 74.8 Å². The maximum atomic E-state index is 12.4. The second kappa shape index (κ2) is 7.17. The Morgan fingerprint density at radius 2 is 2.18 bits per heavy atom. The lowest BCUT2D eigenvalue weighted by atomic mass is 10.1. The second-order valence-corrected chi connectivity index (χ2v) is 5.61. The molecule has 0 fully saturated rings. The summed E-state index contributed by atoms with van der Waals surface area (Å²) in [4.78, 5) is 14.1. The molecule has 116 valence electrons. The zero-order chi connectivity index (χ0) is 16.1. The third-order valence-corrected chi connectivity index (χ3v) is 3.66. The van der Waals surface area contributed by atoms with Gasteiger partial charge < -0.3 is 4.90 Å². The molecule has 0 aliphatic carbocycles. The minimum Gasteiger partial charge on any atom is -0.341 e. The standard InChI is InChI=1S/C15H18ClN5O/c1-10(8-12-6-4-5-7-13(12)16)15(22)21(3)9-11(2)14-17-19-20-18-14/h4-8,11H,9H2,1-3H3,(H,17,18,19,20)/b10-8+/t11-/m0/s1.